The molecule has 1 unspecified atom stereocenters. The van der Waals surface area contributed by atoms with E-state index < -0.39 is 5.60 Å². The standard InChI is InChI=1S/C20H19Cl3N2O/c1-3-10-20(2,26)19-12-18(13-4-6-14(21)7-5-13)25(24-19)17-9-8-15(22)11-16(17)23/h4-9,11-12,26H,3,10H2,1-2H3. The first-order valence-electron chi connectivity index (χ1n) is 8.36. The molecule has 1 N–H and O–H groups in total. The fourth-order valence-corrected chi connectivity index (χ4v) is 3.54. The molecule has 0 saturated carbocycles. The van der Waals surface area contributed by atoms with Crippen LogP contribution in [0, 0.1) is 0 Å². The smallest absolute Gasteiger partial charge is 0.106 e. The number of aromatic nitrogens is 2. The van der Waals surface area contributed by atoms with Crippen LogP contribution in [0.2, 0.25) is 15.1 Å². The Balaban J connectivity index is 2.20. The number of hydrogen-bond donors (Lipinski definition) is 1. The van der Waals surface area contributed by atoms with Crippen molar-refractivity contribution < 1.29 is 5.11 Å². The van der Waals surface area contributed by atoms with E-state index in [1.165, 1.54) is 0 Å². The van der Waals surface area contributed by atoms with Gasteiger partial charge >= 0.3 is 0 Å². The van der Waals surface area contributed by atoms with Gasteiger partial charge in [-0.3, -0.25) is 0 Å². The van der Waals surface area contributed by atoms with Crippen LogP contribution in [-0.2, 0) is 5.60 Å². The Morgan fingerprint density at radius 3 is 2.27 bits per heavy atom. The minimum Gasteiger partial charge on any atom is -0.384 e. The maximum Gasteiger partial charge on any atom is 0.106 e. The fourth-order valence-electron chi connectivity index (χ4n) is 2.92. The summed E-state index contributed by atoms with van der Waals surface area (Å²) >= 11 is 18.5. The second kappa shape index (κ2) is 7.61. The van der Waals surface area contributed by atoms with Crippen molar-refractivity contribution >= 4 is 34.8 Å². The summed E-state index contributed by atoms with van der Waals surface area (Å²) in [7, 11) is 0. The third-order valence-electron chi connectivity index (χ3n) is 4.28. The quantitative estimate of drug-likeness (QED) is 0.522. The van der Waals surface area contributed by atoms with Crippen molar-refractivity contribution in [3.05, 3.63) is 69.3 Å². The van der Waals surface area contributed by atoms with Gasteiger partial charge in [-0.1, -0.05) is 60.3 Å². The molecular weight excluding hydrogens is 391 g/mol. The predicted molar refractivity (Wildman–Crippen MR) is 109 cm³/mol. The number of halogens is 3. The number of rotatable bonds is 5. The van der Waals surface area contributed by atoms with Crippen molar-refractivity contribution in [2.45, 2.75) is 32.3 Å². The molecule has 0 spiro atoms. The average molecular weight is 410 g/mol. The van der Waals surface area contributed by atoms with Crippen molar-refractivity contribution in [1.82, 2.24) is 9.78 Å². The lowest BCUT2D eigenvalue weighted by atomic mass is 9.96. The van der Waals surface area contributed by atoms with Crippen LogP contribution in [0.4, 0.5) is 0 Å². The maximum atomic E-state index is 10.8. The lowest BCUT2D eigenvalue weighted by Crippen LogP contribution is -2.21. The molecule has 2 aromatic carbocycles. The van der Waals surface area contributed by atoms with Gasteiger partial charge in [0.25, 0.3) is 0 Å². The first-order chi connectivity index (χ1) is 12.3. The Morgan fingerprint density at radius 2 is 1.65 bits per heavy atom. The summed E-state index contributed by atoms with van der Waals surface area (Å²) in [5.41, 5.74) is 2.00. The van der Waals surface area contributed by atoms with Crippen molar-refractivity contribution in [1.29, 1.82) is 0 Å². The van der Waals surface area contributed by atoms with E-state index in [2.05, 4.69) is 5.10 Å². The van der Waals surface area contributed by atoms with Gasteiger partial charge in [-0.15, -0.1) is 0 Å². The van der Waals surface area contributed by atoms with Crippen LogP contribution in [-0.4, -0.2) is 14.9 Å². The number of aliphatic hydroxyl groups is 1. The molecule has 26 heavy (non-hydrogen) atoms. The van der Waals surface area contributed by atoms with Gasteiger partial charge in [-0.05, 0) is 49.7 Å². The lowest BCUT2D eigenvalue weighted by molar-refractivity contribution is 0.0421. The Labute approximate surface area is 168 Å². The first-order valence-corrected chi connectivity index (χ1v) is 9.49. The molecule has 6 heteroatoms. The van der Waals surface area contributed by atoms with E-state index >= 15 is 0 Å². The molecule has 3 nitrogen and oxygen atoms in total. The summed E-state index contributed by atoms with van der Waals surface area (Å²) in [6, 6.07) is 14.6. The summed E-state index contributed by atoms with van der Waals surface area (Å²) in [4.78, 5) is 0. The number of nitrogens with zero attached hydrogens (tertiary/aromatic N) is 2. The van der Waals surface area contributed by atoms with Gasteiger partial charge in [0, 0.05) is 15.6 Å². The Morgan fingerprint density at radius 1 is 1.00 bits per heavy atom. The highest BCUT2D eigenvalue weighted by Crippen LogP contribution is 2.34. The van der Waals surface area contributed by atoms with Crippen LogP contribution in [0.5, 0.6) is 0 Å². The van der Waals surface area contributed by atoms with Gasteiger partial charge in [-0.25, -0.2) is 4.68 Å². The maximum absolute atomic E-state index is 10.8. The molecule has 0 saturated heterocycles. The van der Waals surface area contributed by atoms with Crippen molar-refractivity contribution in [3.8, 4) is 16.9 Å². The first kappa shape index (κ1) is 19.2. The number of hydrogen-bond acceptors (Lipinski definition) is 2. The highest BCUT2D eigenvalue weighted by molar-refractivity contribution is 6.35. The zero-order valence-electron chi connectivity index (χ0n) is 14.5. The molecule has 0 fully saturated rings. The summed E-state index contributed by atoms with van der Waals surface area (Å²) in [6.45, 7) is 3.81. The van der Waals surface area contributed by atoms with Gasteiger partial charge < -0.3 is 5.11 Å². The average Bonchev–Trinajstić information content (AvgIpc) is 3.01. The zero-order chi connectivity index (χ0) is 18.9. The highest BCUT2D eigenvalue weighted by atomic mass is 35.5. The topological polar surface area (TPSA) is 38.0 Å². The van der Waals surface area contributed by atoms with Crippen LogP contribution < -0.4 is 0 Å². The molecule has 136 valence electrons. The summed E-state index contributed by atoms with van der Waals surface area (Å²) in [6.07, 6.45) is 1.45. The van der Waals surface area contributed by atoms with Crippen LogP contribution in [0.1, 0.15) is 32.4 Å². The van der Waals surface area contributed by atoms with Crippen LogP contribution in [0.15, 0.2) is 48.5 Å². The van der Waals surface area contributed by atoms with Crippen LogP contribution in [0.25, 0.3) is 16.9 Å². The molecule has 1 aromatic heterocycles. The SMILES string of the molecule is CCCC(C)(O)c1cc(-c2ccc(Cl)cc2)n(-c2ccc(Cl)cc2Cl)n1. The van der Waals surface area contributed by atoms with E-state index in [9.17, 15) is 5.11 Å². The lowest BCUT2D eigenvalue weighted by Gasteiger charge is -2.19. The molecule has 3 aromatic rings. The third-order valence-corrected chi connectivity index (χ3v) is 5.07. The summed E-state index contributed by atoms with van der Waals surface area (Å²) in [5.74, 6) is 0. The van der Waals surface area contributed by atoms with Gasteiger partial charge in [-0.2, -0.15) is 5.10 Å². The Kier molecular flexibility index (Phi) is 5.64. The highest BCUT2D eigenvalue weighted by Gasteiger charge is 2.27. The molecular formula is C20H19Cl3N2O. The Hall–Kier alpha value is -1.52. The van der Waals surface area contributed by atoms with Crippen LogP contribution in [0.3, 0.4) is 0 Å². The molecule has 1 heterocycles. The fraction of sp³-hybridized carbons (Fsp3) is 0.250. The van der Waals surface area contributed by atoms with Crippen LogP contribution >= 0.6 is 34.8 Å². The third kappa shape index (κ3) is 3.91. The van der Waals surface area contributed by atoms with Gasteiger partial charge in [0.1, 0.15) is 5.60 Å². The van der Waals surface area contributed by atoms with Gasteiger partial charge in [0.2, 0.25) is 0 Å². The molecule has 0 amide bonds. The van der Waals surface area contributed by atoms with E-state index in [1.807, 2.05) is 43.3 Å². The van der Waals surface area contributed by atoms with Gasteiger partial charge in [0.05, 0.1) is 22.1 Å². The predicted octanol–water partition coefficient (Wildman–Crippen LogP) is 6.51. The molecule has 0 aliphatic heterocycles. The van der Waals surface area contributed by atoms with E-state index in [0.717, 1.165) is 17.7 Å². The number of benzene rings is 2. The minimum absolute atomic E-state index is 0.484. The molecule has 0 bridgehead atoms. The van der Waals surface area contributed by atoms with E-state index in [-0.39, 0.29) is 0 Å². The van der Waals surface area contributed by atoms with Crippen molar-refractivity contribution in [2.24, 2.45) is 0 Å². The van der Waals surface area contributed by atoms with E-state index in [1.54, 1.807) is 23.7 Å². The summed E-state index contributed by atoms with van der Waals surface area (Å²) < 4.78 is 1.74. The minimum atomic E-state index is -1.03. The van der Waals surface area contributed by atoms with Crippen molar-refractivity contribution in [3.63, 3.8) is 0 Å². The molecule has 0 radical (unpaired) electrons. The monoisotopic (exact) mass is 408 g/mol. The second-order valence-corrected chi connectivity index (χ2v) is 7.73. The van der Waals surface area contributed by atoms with Gasteiger partial charge in [0.15, 0.2) is 0 Å². The van der Waals surface area contributed by atoms with E-state index in [4.69, 9.17) is 34.8 Å². The van der Waals surface area contributed by atoms with Crippen molar-refractivity contribution in [2.75, 3.05) is 0 Å². The second-order valence-electron chi connectivity index (χ2n) is 6.45. The van der Waals surface area contributed by atoms with E-state index in [0.29, 0.717) is 32.9 Å². The molecule has 3 rings (SSSR count). The largest absolute Gasteiger partial charge is 0.384 e. The molecule has 0 aliphatic rings. The Bertz CT molecular complexity index is 917. The molecule has 0 aliphatic carbocycles. The molecule has 1 atom stereocenters. The zero-order valence-corrected chi connectivity index (χ0v) is 16.8. The normalized spacial score (nSPS) is 13.6. The summed E-state index contributed by atoms with van der Waals surface area (Å²) in [5, 5.41) is 17.2.